The van der Waals surface area contributed by atoms with Gasteiger partial charge in [-0.1, -0.05) is 70.6 Å². The zero-order chi connectivity index (χ0) is 23.7. The minimum absolute atomic E-state index is 0.0396. The number of rotatable bonds is 7. The van der Waals surface area contributed by atoms with E-state index in [0.717, 1.165) is 5.56 Å². The van der Waals surface area contributed by atoms with Crippen LogP contribution in [0.25, 0.3) is 11.4 Å². The minimum atomic E-state index is -3.07. The second-order valence-corrected chi connectivity index (χ2v) is 13.0. The normalized spacial score (nSPS) is 18.2. The van der Waals surface area contributed by atoms with Crippen molar-refractivity contribution in [2.75, 3.05) is 29.6 Å². The number of nitrogen functional groups attached to an aromatic ring is 1. The van der Waals surface area contributed by atoms with Crippen molar-refractivity contribution in [3.8, 4) is 11.4 Å². The number of nitrogens with two attached hydrogens (primary N) is 1. The van der Waals surface area contributed by atoms with Crippen LogP contribution in [0.1, 0.15) is 46.6 Å². The highest BCUT2D eigenvalue weighted by atomic mass is 32.2. The van der Waals surface area contributed by atoms with Gasteiger partial charge in [0, 0.05) is 18.2 Å². The zero-order valence-corrected chi connectivity index (χ0v) is 21.0. The molecule has 0 saturated carbocycles. The van der Waals surface area contributed by atoms with E-state index < -0.39 is 9.84 Å². The molecule has 8 nitrogen and oxygen atoms in total. The molecule has 0 bridgehead atoms. The van der Waals surface area contributed by atoms with Crippen molar-refractivity contribution >= 4 is 27.5 Å². The summed E-state index contributed by atoms with van der Waals surface area (Å²) in [6, 6.07) is 7.79. The molecule has 0 aliphatic carbocycles. The van der Waals surface area contributed by atoms with E-state index in [9.17, 15) is 13.2 Å². The zero-order valence-electron chi connectivity index (χ0n) is 19.4. The Morgan fingerprint density at radius 1 is 1.25 bits per heavy atom. The molecule has 1 aliphatic heterocycles. The van der Waals surface area contributed by atoms with Gasteiger partial charge in [-0.2, -0.15) is 0 Å². The number of thioether (sulfide) groups is 1. The van der Waals surface area contributed by atoms with Gasteiger partial charge < -0.3 is 10.7 Å². The highest BCUT2D eigenvalue weighted by Gasteiger charge is 2.35. The second kappa shape index (κ2) is 9.43. The molecule has 1 aromatic heterocycles. The first-order valence-electron chi connectivity index (χ1n) is 10.8. The maximum Gasteiger partial charge on any atom is 0.233 e. The number of carbonyl (C=O) groups excluding carboxylic acids is 1. The molecule has 1 aliphatic rings. The van der Waals surface area contributed by atoms with Crippen molar-refractivity contribution < 1.29 is 13.2 Å². The average molecular weight is 480 g/mol. The number of aromatic nitrogens is 3. The fraction of sp³-hybridized carbons (Fsp3) is 0.591. The van der Waals surface area contributed by atoms with Crippen molar-refractivity contribution in [1.29, 1.82) is 0 Å². The molecule has 0 radical (unpaired) electrons. The minimum Gasteiger partial charge on any atom is -0.338 e. The number of hydrogen-bond acceptors (Lipinski definition) is 7. The highest BCUT2D eigenvalue weighted by Crippen LogP contribution is 2.27. The molecule has 0 unspecified atom stereocenters. The molecule has 3 rings (SSSR count). The number of benzene rings is 1. The number of carbonyl (C=O) groups is 1. The lowest BCUT2D eigenvalue weighted by atomic mass is 9.87. The van der Waals surface area contributed by atoms with E-state index in [0.29, 0.717) is 23.9 Å². The lowest BCUT2D eigenvalue weighted by Crippen LogP contribution is -2.44. The highest BCUT2D eigenvalue weighted by molar-refractivity contribution is 7.99. The summed E-state index contributed by atoms with van der Waals surface area (Å²) in [4.78, 5) is 14.7. The SMILES string of the molecule is CC(C)CN(C(=O)CSc1nnc(-c2ccc(C(C)(C)C)cc2)n1N)[C@@H]1CCS(=O)(=O)C1. The van der Waals surface area contributed by atoms with Crippen LogP contribution >= 0.6 is 11.8 Å². The molecule has 0 spiro atoms. The van der Waals surface area contributed by atoms with Crippen molar-refractivity contribution in [2.24, 2.45) is 5.92 Å². The largest absolute Gasteiger partial charge is 0.338 e. The third kappa shape index (κ3) is 5.83. The summed E-state index contributed by atoms with van der Waals surface area (Å²) in [5, 5.41) is 8.81. The van der Waals surface area contributed by atoms with Gasteiger partial charge in [-0.05, 0) is 23.3 Å². The van der Waals surface area contributed by atoms with E-state index in [-0.39, 0.29) is 40.5 Å². The maximum atomic E-state index is 13.0. The molecule has 32 heavy (non-hydrogen) atoms. The number of amides is 1. The topological polar surface area (TPSA) is 111 Å². The number of nitrogens with zero attached hydrogens (tertiary/aromatic N) is 4. The summed E-state index contributed by atoms with van der Waals surface area (Å²) < 4.78 is 25.2. The van der Waals surface area contributed by atoms with Crippen LogP contribution in [0.2, 0.25) is 0 Å². The molecule has 1 amide bonds. The summed E-state index contributed by atoms with van der Waals surface area (Å²) in [6.07, 6.45) is 0.493. The van der Waals surface area contributed by atoms with Gasteiger partial charge in [-0.15, -0.1) is 10.2 Å². The molecule has 1 atom stereocenters. The summed E-state index contributed by atoms with van der Waals surface area (Å²) in [6.45, 7) is 11.0. The van der Waals surface area contributed by atoms with Gasteiger partial charge in [-0.25, -0.2) is 13.1 Å². The molecule has 1 aromatic carbocycles. The first kappa shape index (κ1) is 24.6. The van der Waals surface area contributed by atoms with Gasteiger partial charge in [0.2, 0.25) is 11.1 Å². The molecule has 10 heteroatoms. The Labute approximate surface area is 194 Å². The summed E-state index contributed by atoms with van der Waals surface area (Å²) >= 11 is 1.22. The number of sulfone groups is 1. The van der Waals surface area contributed by atoms with E-state index in [2.05, 4.69) is 43.1 Å². The van der Waals surface area contributed by atoms with Gasteiger partial charge in [0.1, 0.15) is 0 Å². The lowest BCUT2D eigenvalue weighted by Gasteiger charge is -2.29. The monoisotopic (exact) mass is 479 g/mol. The van der Waals surface area contributed by atoms with Crippen LogP contribution in [0, 0.1) is 5.92 Å². The molecular weight excluding hydrogens is 446 g/mol. The first-order chi connectivity index (χ1) is 14.9. The average Bonchev–Trinajstić information content (AvgIpc) is 3.25. The molecule has 2 N–H and O–H groups in total. The van der Waals surface area contributed by atoms with Crippen molar-refractivity contribution in [1.82, 2.24) is 19.8 Å². The van der Waals surface area contributed by atoms with Crippen LogP contribution in [-0.4, -0.2) is 63.9 Å². The quantitative estimate of drug-likeness (QED) is 0.480. The van der Waals surface area contributed by atoms with Gasteiger partial charge in [0.25, 0.3) is 0 Å². The van der Waals surface area contributed by atoms with Crippen molar-refractivity contribution in [3.63, 3.8) is 0 Å². The van der Waals surface area contributed by atoms with Crippen molar-refractivity contribution in [2.45, 2.75) is 57.7 Å². The van der Waals surface area contributed by atoms with Crippen LogP contribution in [-0.2, 0) is 20.0 Å². The molecule has 176 valence electrons. The Bertz CT molecular complexity index is 1060. The van der Waals surface area contributed by atoms with Crippen LogP contribution in [0.4, 0.5) is 0 Å². The molecule has 1 fully saturated rings. The summed E-state index contributed by atoms with van der Waals surface area (Å²) in [7, 11) is -3.07. The van der Waals surface area contributed by atoms with Crippen LogP contribution in [0.3, 0.4) is 0 Å². The number of hydrogen-bond donors (Lipinski definition) is 1. The molecular formula is C22H33N5O3S2. The van der Waals surface area contributed by atoms with Crippen LogP contribution in [0.15, 0.2) is 29.4 Å². The first-order valence-corrected chi connectivity index (χ1v) is 13.6. The van der Waals surface area contributed by atoms with Crippen LogP contribution in [0.5, 0.6) is 0 Å². The van der Waals surface area contributed by atoms with Gasteiger partial charge in [0.15, 0.2) is 15.7 Å². The smallest absolute Gasteiger partial charge is 0.233 e. The Hall–Kier alpha value is -2.07. The molecule has 2 heterocycles. The van der Waals surface area contributed by atoms with Gasteiger partial charge >= 0.3 is 0 Å². The Morgan fingerprint density at radius 3 is 2.44 bits per heavy atom. The third-order valence-corrected chi connectivity index (χ3v) is 8.21. The predicted molar refractivity (Wildman–Crippen MR) is 129 cm³/mol. The standard InChI is InChI=1S/C22H33N5O3S2/c1-15(2)12-26(18-10-11-32(29,30)14-18)19(28)13-31-21-25-24-20(27(21)23)16-6-8-17(9-7-16)22(3,4)5/h6-9,15,18H,10-14,23H2,1-5H3/t18-/m1/s1. The summed E-state index contributed by atoms with van der Waals surface area (Å²) in [5.41, 5.74) is 2.11. The fourth-order valence-corrected chi connectivity index (χ4v) is 6.24. The molecule has 1 saturated heterocycles. The predicted octanol–water partition coefficient (Wildman–Crippen LogP) is 2.72. The molecule has 2 aromatic rings. The van der Waals surface area contributed by atoms with E-state index in [4.69, 9.17) is 5.84 Å². The van der Waals surface area contributed by atoms with E-state index in [1.54, 1.807) is 4.90 Å². The Morgan fingerprint density at radius 2 is 1.91 bits per heavy atom. The van der Waals surface area contributed by atoms with E-state index in [1.807, 2.05) is 26.0 Å². The second-order valence-electron chi connectivity index (χ2n) is 9.79. The van der Waals surface area contributed by atoms with Gasteiger partial charge in [0.05, 0.1) is 17.3 Å². The maximum absolute atomic E-state index is 13.0. The van der Waals surface area contributed by atoms with Gasteiger partial charge in [-0.3, -0.25) is 4.79 Å². The lowest BCUT2D eigenvalue weighted by molar-refractivity contribution is -0.130. The Kier molecular flexibility index (Phi) is 7.24. The Balaban J connectivity index is 1.70. The summed E-state index contributed by atoms with van der Waals surface area (Å²) in [5.74, 6) is 7.20. The van der Waals surface area contributed by atoms with E-state index in [1.165, 1.54) is 22.0 Å². The van der Waals surface area contributed by atoms with Crippen molar-refractivity contribution in [3.05, 3.63) is 29.8 Å². The van der Waals surface area contributed by atoms with Crippen LogP contribution < -0.4 is 5.84 Å². The van der Waals surface area contributed by atoms with E-state index >= 15 is 0 Å². The fourth-order valence-electron chi connectivity index (χ4n) is 3.77. The third-order valence-electron chi connectivity index (χ3n) is 5.53.